The number of pyridine rings is 1. The van der Waals surface area contributed by atoms with Crippen LogP contribution >= 0.6 is 0 Å². The first kappa shape index (κ1) is 7.66. The summed E-state index contributed by atoms with van der Waals surface area (Å²) < 4.78 is 5.95. The molecule has 0 spiro atoms. The van der Waals surface area contributed by atoms with Gasteiger partial charge in [-0.2, -0.15) is 4.52 Å². The predicted octanol–water partition coefficient (Wildman–Crippen LogP) is -0.0891. The molecule has 0 saturated heterocycles. The van der Waals surface area contributed by atoms with Gasteiger partial charge in [-0.25, -0.2) is 4.79 Å². The molecule has 0 fully saturated rings. The van der Waals surface area contributed by atoms with Crippen LogP contribution in [0, 0.1) is 0 Å². The number of carbonyl (C=O) groups is 1. The zero-order valence-corrected chi connectivity index (χ0v) is 6.84. The first-order chi connectivity index (χ1) is 6.31. The second kappa shape index (κ2) is 2.81. The van der Waals surface area contributed by atoms with Gasteiger partial charge in [0.2, 0.25) is 0 Å². The third-order valence-corrected chi connectivity index (χ3v) is 1.61. The number of carbonyl (C=O) groups excluding carboxylic acids is 1. The van der Waals surface area contributed by atoms with Crippen molar-refractivity contribution in [2.45, 2.75) is 0 Å². The van der Waals surface area contributed by atoms with E-state index >= 15 is 0 Å². The number of tetrazole rings is 1. The highest BCUT2D eigenvalue weighted by Crippen LogP contribution is 2.02. The number of fused-ring (bicyclic) bond motifs is 1. The van der Waals surface area contributed by atoms with E-state index in [9.17, 15) is 4.79 Å². The van der Waals surface area contributed by atoms with E-state index < -0.39 is 5.97 Å². The molecular formula is C7H6N4O2. The molecule has 0 aliphatic heterocycles. The number of esters is 1. The Balaban J connectivity index is 2.54. The molecule has 0 aliphatic rings. The third-order valence-electron chi connectivity index (χ3n) is 1.61. The average molecular weight is 178 g/mol. The zero-order valence-electron chi connectivity index (χ0n) is 6.84. The summed E-state index contributed by atoms with van der Waals surface area (Å²) in [4.78, 5) is 11.1. The molecule has 66 valence electrons. The minimum absolute atomic E-state index is 0.405. The maximum atomic E-state index is 11.1. The van der Waals surface area contributed by atoms with Crippen molar-refractivity contribution in [1.29, 1.82) is 0 Å². The van der Waals surface area contributed by atoms with Gasteiger partial charge in [-0.15, -0.1) is 5.10 Å². The van der Waals surface area contributed by atoms with Crippen LogP contribution in [0.3, 0.4) is 0 Å². The van der Waals surface area contributed by atoms with Gasteiger partial charge in [0, 0.05) is 6.20 Å². The van der Waals surface area contributed by atoms with Gasteiger partial charge in [0.25, 0.3) is 0 Å². The summed E-state index contributed by atoms with van der Waals surface area (Å²) >= 11 is 0. The minimum atomic E-state index is -0.405. The molecule has 0 unspecified atom stereocenters. The molecule has 6 nitrogen and oxygen atoms in total. The maximum absolute atomic E-state index is 11.1. The van der Waals surface area contributed by atoms with E-state index in [2.05, 4.69) is 20.3 Å². The Morgan fingerprint density at radius 2 is 2.38 bits per heavy atom. The standard InChI is InChI=1S/C7H6N4O2/c1-13-7(12)5-2-3-6-8-9-10-11(6)4-5/h2-4H,1H3. The van der Waals surface area contributed by atoms with Crippen LogP contribution < -0.4 is 0 Å². The van der Waals surface area contributed by atoms with Gasteiger partial charge in [-0.1, -0.05) is 0 Å². The number of hydrogen-bond donors (Lipinski definition) is 0. The van der Waals surface area contributed by atoms with Crippen LogP contribution in [0.1, 0.15) is 10.4 Å². The summed E-state index contributed by atoms with van der Waals surface area (Å²) in [5.41, 5.74) is 1.01. The lowest BCUT2D eigenvalue weighted by atomic mass is 10.3. The summed E-state index contributed by atoms with van der Waals surface area (Å²) in [6.07, 6.45) is 1.52. The summed E-state index contributed by atoms with van der Waals surface area (Å²) in [5, 5.41) is 10.8. The third kappa shape index (κ3) is 1.22. The summed E-state index contributed by atoms with van der Waals surface area (Å²) in [6.45, 7) is 0. The molecule has 2 heterocycles. The highest BCUT2D eigenvalue weighted by atomic mass is 16.5. The van der Waals surface area contributed by atoms with Crippen LogP contribution in [0.4, 0.5) is 0 Å². The van der Waals surface area contributed by atoms with Gasteiger partial charge >= 0.3 is 5.97 Å². The number of nitrogens with zero attached hydrogens (tertiary/aromatic N) is 4. The van der Waals surface area contributed by atoms with Gasteiger partial charge in [0.1, 0.15) is 0 Å². The Kier molecular flexibility index (Phi) is 1.66. The SMILES string of the molecule is COC(=O)c1ccc2nnnn2c1. The minimum Gasteiger partial charge on any atom is -0.465 e. The van der Waals surface area contributed by atoms with Gasteiger partial charge in [0.05, 0.1) is 12.7 Å². The van der Waals surface area contributed by atoms with Crippen LogP contribution in [0.2, 0.25) is 0 Å². The van der Waals surface area contributed by atoms with Crippen LogP contribution in [0.5, 0.6) is 0 Å². The molecule has 0 radical (unpaired) electrons. The first-order valence-corrected chi connectivity index (χ1v) is 3.57. The Bertz CT molecular complexity index is 450. The van der Waals surface area contributed by atoms with Gasteiger partial charge in [-0.3, -0.25) is 0 Å². The van der Waals surface area contributed by atoms with E-state index in [1.807, 2.05) is 0 Å². The molecular weight excluding hydrogens is 172 g/mol. The largest absolute Gasteiger partial charge is 0.465 e. The van der Waals surface area contributed by atoms with Crippen LogP contribution in [-0.4, -0.2) is 33.1 Å². The van der Waals surface area contributed by atoms with E-state index in [0.717, 1.165) is 0 Å². The van der Waals surface area contributed by atoms with Crippen molar-refractivity contribution in [2.24, 2.45) is 0 Å². The summed E-state index contributed by atoms with van der Waals surface area (Å²) in [5.74, 6) is -0.405. The molecule has 2 rings (SSSR count). The van der Waals surface area contributed by atoms with Crippen molar-refractivity contribution >= 4 is 11.6 Å². The van der Waals surface area contributed by atoms with E-state index in [0.29, 0.717) is 11.2 Å². The topological polar surface area (TPSA) is 69.4 Å². The highest BCUT2D eigenvalue weighted by molar-refractivity contribution is 5.89. The molecule has 0 atom stereocenters. The van der Waals surface area contributed by atoms with Crippen LogP contribution in [0.25, 0.3) is 5.65 Å². The van der Waals surface area contributed by atoms with Crippen molar-refractivity contribution in [2.75, 3.05) is 7.11 Å². The van der Waals surface area contributed by atoms with Crippen LogP contribution in [0.15, 0.2) is 18.3 Å². The molecule has 0 bridgehead atoms. The number of aromatic nitrogens is 4. The number of rotatable bonds is 1. The van der Waals surface area contributed by atoms with E-state index in [-0.39, 0.29) is 0 Å². The van der Waals surface area contributed by atoms with Gasteiger partial charge in [-0.05, 0) is 22.6 Å². The molecule has 0 aliphatic carbocycles. The number of hydrogen-bond acceptors (Lipinski definition) is 5. The fourth-order valence-electron chi connectivity index (χ4n) is 0.980. The van der Waals surface area contributed by atoms with Gasteiger partial charge in [0.15, 0.2) is 5.65 Å². The molecule has 0 saturated carbocycles. The summed E-state index contributed by atoms with van der Waals surface area (Å²) in [7, 11) is 1.33. The summed E-state index contributed by atoms with van der Waals surface area (Å²) in [6, 6.07) is 3.25. The van der Waals surface area contributed by atoms with Crippen molar-refractivity contribution in [3.63, 3.8) is 0 Å². The van der Waals surface area contributed by atoms with Crippen molar-refractivity contribution in [1.82, 2.24) is 20.0 Å². The molecule has 13 heavy (non-hydrogen) atoms. The van der Waals surface area contributed by atoms with E-state index in [1.165, 1.54) is 17.8 Å². The fraction of sp³-hybridized carbons (Fsp3) is 0.143. The lowest BCUT2D eigenvalue weighted by Gasteiger charge is -1.97. The number of methoxy groups -OCH3 is 1. The Hall–Kier alpha value is -1.98. The highest BCUT2D eigenvalue weighted by Gasteiger charge is 2.06. The molecule has 6 heteroatoms. The zero-order chi connectivity index (χ0) is 9.26. The van der Waals surface area contributed by atoms with Crippen molar-refractivity contribution < 1.29 is 9.53 Å². The van der Waals surface area contributed by atoms with Crippen molar-refractivity contribution in [3.8, 4) is 0 Å². The monoisotopic (exact) mass is 178 g/mol. The molecule has 2 aromatic rings. The molecule has 0 aromatic carbocycles. The Morgan fingerprint density at radius 1 is 1.54 bits per heavy atom. The molecule has 0 amide bonds. The smallest absolute Gasteiger partial charge is 0.339 e. The molecule has 2 aromatic heterocycles. The van der Waals surface area contributed by atoms with Crippen molar-refractivity contribution in [3.05, 3.63) is 23.9 Å². The predicted molar refractivity (Wildman–Crippen MR) is 42.1 cm³/mol. The van der Waals surface area contributed by atoms with E-state index in [1.54, 1.807) is 12.1 Å². The van der Waals surface area contributed by atoms with Gasteiger partial charge < -0.3 is 4.74 Å². The molecule has 0 N–H and O–H groups in total. The van der Waals surface area contributed by atoms with Crippen LogP contribution in [-0.2, 0) is 4.74 Å². The average Bonchev–Trinajstić information content (AvgIpc) is 2.63. The fourth-order valence-corrected chi connectivity index (χ4v) is 0.980. The lowest BCUT2D eigenvalue weighted by Crippen LogP contribution is -2.03. The normalized spacial score (nSPS) is 10.2. The quantitative estimate of drug-likeness (QED) is 0.571. The number of ether oxygens (including phenoxy) is 1. The van der Waals surface area contributed by atoms with E-state index in [4.69, 9.17) is 0 Å². The lowest BCUT2D eigenvalue weighted by molar-refractivity contribution is 0.0600. The second-order valence-electron chi connectivity index (χ2n) is 2.39. The Labute approximate surface area is 73.1 Å². The first-order valence-electron chi connectivity index (χ1n) is 3.57. The second-order valence-corrected chi connectivity index (χ2v) is 2.39. The Morgan fingerprint density at radius 3 is 3.15 bits per heavy atom. The maximum Gasteiger partial charge on any atom is 0.339 e.